The fourth-order valence-electron chi connectivity index (χ4n) is 3.13. The Labute approximate surface area is 148 Å². The molecule has 0 spiro atoms. The summed E-state index contributed by atoms with van der Waals surface area (Å²) in [6.07, 6.45) is 1.80. The standard InChI is InChI=1S/C17H24N2O5S/c1-18-13-4-7-19(8-5-13)17(20)6-11-25(21,22)14-2-3-15-16(12-14)24-10-9-23-15/h2-3,12-13,18H,4-11H2,1H3. The monoisotopic (exact) mass is 368 g/mol. The van der Waals surface area contributed by atoms with Crippen molar-refractivity contribution in [3.05, 3.63) is 18.2 Å². The third kappa shape index (κ3) is 4.24. The predicted octanol–water partition coefficient (Wildman–Crippen LogP) is 0.832. The quantitative estimate of drug-likeness (QED) is 0.829. The van der Waals surface area contributed by atoms with E-state index >= 15 is 0 Å². The van der Waals surface area contributed by atoms with E-state index in [-0.39, 0.29) is 23.0 Å². The number of nitrogens with one attached hydrogen (secondary N) is 1. The summed E-state index contributed by atoms with van der Waals surface area (Å²) in [6.45, 7) is 2.21. The molecule has 1 fully saturated rings. The van der Waals surface area contributed by atoms with Crippen LogP contribution in [0.25, 0.3) is 0 Å². The number of ether oxygens (including phenoxy) is 2. The molecule has 1 aromatic carbocycles. The van der Waals surface area contributed by atoms with Gasteiger partial charge < -0.3 is 19.7 Å². The molecule has 0 atom stereocenters. The van der Waals surface area contributed by atoms with Gasteiger partial charge in [0.15, 0.2) is 21.3 Å². The van der Waals surface area contributed by atoms with Crippen LogP contribution in [0, 0.1) is 0 Å². The van der Waals surface area contributed by atoms with Gasteiger partial charge in [-0.15, -0.1) is 0 Å². The van der Waals surface area contributed by atoms with Crippen LogP contribution in [0.4, 0.5) is 0 Å². The molecule has 3 rings (SSSR count). The number of fused-ring (bicyclic) bond motifs is 1. The summed E-state index contributed by atoms with van der Waals surface area (Å²) in [5, 5.41) is 3.21. The molecule has 0 aromatic heterocycles. The van der Waals surface area contributed by atoms with Crippen molar-refractivity contribution in [2.24, 2.45) is 0 Å². The molecule has 0 aliphatic carbocycles. The Morgan fingerprint density at radius 1 is 1.20 bits per heavy atom. The Bertz CT molecular complexity index is 727. The van der Waals surface area contributed by atoms with Gasteiger partial charge in [0.05, 0.1) is 10.6 Å². The largest absolute Gasteiger partial charge is 0.486 e. The highest BCUT2D eigenvalue weighted by molar-refractivity contribution is 7.91. The lowest BCUT2D eigenvalue weighted by atomic mass is 10.1. The highest BCUT2D eigenvalue weighted by Gasteiger charge is 2.25. The number of nitrogens with zero attached hydrogens (tertiary/aromatic N) is 1. The van der Waals surface area contributed by atoms with Gasteiger partial charge in [0.25, 0.3) is 0 Å². The van der Waals surface area contributed by atoms with E-state index in [4.69, 9.17) is 9.47 Å². The van der Waals surface area contributed by atoms with Crippen LogP contribution in [0.3, 0.4) is 0 Å². The molecule has 2 heterocycles. The van der Waals surface area contributed by atoms with Crippen LogP contribution in [-0.4, -0.2) is 64.4 Å². The topological polar surface area (TPSA) is 84.9 Å². The van der Waals surface area contributed by atoms with E-state index in [1.807, 2.05) is 7.05 Å². The van der Waals surface area contributed by atoms with Crippen LogP contribution in [0.2, 0.25) is 0 Å². The molecule has 1 saturated heterocycles. The van der Waals surface area contributed by atoms with Gasteiger partial charge >= 0.3 is 0 Å². The van der Waals surface area contributed by atoms with E-state index in [1.165, 1.54) is 12.1 Å². The molecule has 138 valence electrons. The van der Waals surface area contributed by atoms with E-state index in [2.05, 4.69) is 5.32 Å². The van der Waals surface area contributed by atoms with Gasteiger partial charge in [-0.25, -0.2) is 8.42 Å². The fraction of sp³-hybridized carbons (Fsp3) is 0.588. The van der Waals surface area contributed by atoms with Crippen molar-refractivity contribution in [2.75, 3.05) is 39.1 Å². The van der Waals surface area contributed by atoms with E-state index in [0.29, 0.717) is 43.8 Å². The number of sulfone groups is 1. The summed E-state index contributed by atoms with van der Waals surface area (Å²) in [5.41, 5.74) is 0. The van der Waals surface area contributed by atoms with Crippen LogP contribution in [-0.2, 0) is 14.6 Å². The van der Waals surface area contributed by atoms with Crippen molar-refractivity contribution >= 4 is 15.7 Å². The smallest absolute Gasteiger partial charge is 0.223 e. The second-order valence-electron chi connectivity index (χ2n) is 6.32. The van der Waals surface area contributed by atoms with Gasteiger partial charge in [0.1, 0.15) is 13.2 Å². The average molecular weight is 368 g/mol. The second-order valence-corrected chi connectivity index (χ2v) is 8.43. The molecule has 2 aliphatic rings. The number of carbonyl (C=O) groups is 1. The molecule has 1 N–H and O–H groups in total. The maximum Gasteiger partial charge on any atom is 0.223 e. The van der Waals surface area contributed by atoms with Gasteiger partial charge in [0, 0.05) is 31.6 Å². The van der Waals surface area contributed by atoms with Crippen LogP contribution in [0.5, 0.6) is 11.5 Å². The predicted molar refractivity (Wildman–Crippen MR) is 92.8 cm³/mol. The lowest BCUT2D eigenvalue weighted by Crippen LogP contribution is -2.44. The minimum Gasteiger partial charge on any atom is -0.486 e. The molecule has 1 amide bonds. The third-order valence-corrected chi connectivity index (χ3v) is 6.43. The number of amides is 1. The van der Waals surface area contributed by atoms with Gasteiger partial charge in [-0.05, 0) is 32.0 Å². The Morgan fingerprint density at radius 3 is 2.56 bits per heavy atom. The highest BCUT2D eigenvalue weighted by atomic mass is 32.2. The Hall–Kier alpha value is -1.80. The summed E-state index contributed by atoms with van der Waals surface area (Å²) < 4.78 is 35.9. The van der Waals surface area contributed by atoms with E-state index in [0.717, 1.165) is 12.8 Å². The normalized spacial score (nSPS) is 18.2. The number of likely N-dealkylation sites (tertiary alicyclic amines) is 1. The lowest BCUT2D eigenvalue weighted by molar-refractivity contribution is -0.131. The van der Waals surface area contributed by atoms with Crippen molar-refractivity contribution in [3.63, 3.8) is 0 Å². The van der Waals surface area contributed by atoms with Crippen molar-refractivity contribution in [2.45, 2.75) is 30.2 Å². The third-order valence-electron chi connectivity index (χ3n) is 4.71. The number of carbonyl (C=O) groups excluding carboxylic acids is 1. The molecule has 2 aliphatic heterocycles. The molecule has 0 radical (unpaired) electrons. The van der Waals surface area contributed by atoms with Crippen molar-refractivity contribution in [3.8, 4) is 11.5 Å². The fourth-order valence-corrected chi connectivity index (χ4v) is 4.37. The van der Waals surface area contributed by atoms with E-state index < -0.39 is 9.84 Å². The molecule has 1 aromatic rings. The van der Waals surface area contributed by atoms with Crippen LogP contribution < -0.4 is 14.8 Å². The SMILES string of the molecule is CNC1CCN(C(=O)CCS(=O)(=O)c2ccc3c(c2)OCCO3)CC1. The molecule has 25 heavy (non-hydrogen) atoms. The summed E-state index contributed by atoms with van der Waals surface area (Å²) in [4.78, 5) is 14.2. The summed E-state index contributed by atoms with van der Waals surface area (Å²) in [7, 11) is -1.62. The van der Waals surface area contributed by atoms with Crippen LogP contribution in [0.15, 0.2) is 23.1 Å². The van der Waals surface area contributed by atoms with Crippen molar-refractivity contribution < 1.29 is 22.7 Å². The maximum absolute atomic E-state index is 12.5. The first-order valence-corrected chi connectivity index (χ1v) is 10.2. The number of piperidine rings is 1. The minimum atomic E-state index is -3.54. The van der Waals surface area contributed by atoms with Crippen LogP contribution >= 0.6 is 0 Å². The van der Waals surface area contributed by atoms with Crippen LogP contribution in [0.1, 0.15) is 19.3 Å². The van der Waals surface area contributed by atoms with Gasteiger partial charge in [-0.2, -0.15) is 0 Å². The molecule has 0 bridgehead atoms. The molecule has 0 saturated carbocycles. The first kappa shape index (κ1) is 18.0. The molecule has 8 heteroatoms. The molecule has 7 nitrogen and oxygen atoms in total. The summed E-state index contributed by atoms with van der Waals surface area (Å²) >= 11 is 0. The summed E-state index contributed by atoms with van der Waals surface area (Å²) in [5.74, 6) is 0.689. The zero-order valence-corrected chi connectivity index (χ0v) is 15.2. The first-order valence-electron chi connectivity index (χ1n) is 8.57. The molecular formula is C17H24N2O5S. The van der Waals surface area contributed by atoms with Gasteiger partial charge in [-0.1, -0.05) is 0 Å². The number of hydrogen-bond donors (Lipinski definition) is 1. The van der Waals surface area contributed by atoms with E-state index in [9.17, 15) is 13.2 Å². The van der Waals surface area contributed by atoms with E-state index in [1.54, 1.807) is 11.0 Å². The second kappa shape index (κ2) is 7.61. The zero-order chi connectivity index (χ0) is 17.9. The summed E-state index contributed by atoms with van der Waals surface area (Å²) in [6, 6.07) is 5.02. The number of benzene rings is 1. The lowest BCUT2D eigenvalue weighted by Gasteiger charge is -2.31. The number of rotatable bonds is 5. The Kier molecular flexibility index (Phi) is 5.48. The average Bonchev–Trinajstić information content (AvgIpc) is 2.66. The minimum absolute atomic E-state index is 0.000988. The van der Waals surface area contributed by atoms with Crippen molar-refractivity contribution in [1.29, 1.82) is 0 Å². The van der Waals surface area contributed by atoms with Gasteiger partial charge in [0.2, 0.25) is 5.91 Å². The first-order chi connectivity index (χ1) is 12.0. The molecular weight excluding hydrogens is 344 g/mol. The molecule has 0 unspecified atom stereocenters. The Morgan fingerprint density at radius 2 is 1.88 bits per heavy atom. The highest BCUT2D eigenvalue weighted by Crippen LogP contribution is 2.32. The maximum atomic E-state index is 12.5. The zero-order valence-electron chi connectivity index (χ0n) is 14.4. The van der Waals surface area contributed by atoms with Crippen molar-refractivity contribution in [1.82, 2.24) is 10.2 Å². The Balaban J connectivity index is 1.59. The number of hydrogen-bond acceptors (Lipinski definition) is 6. The van der Waals surface area contributed by atoms with Gasteiger partial charge in [-0.3, -0.25) is 4.79 Å².